The molecule has 0 spiro atoms. The second-order valence-corrected chi connectivity index (χ2v) is 3.16. The van der Waals surface area contributed by atoms with E-state index in [-0.39, 0.29) is 21.8 Å². The number of ketones is 1. The number of nitrogens with zero attached hydrogens (tertiary/aromatic N) is 2. The predicted octanol–water partition coefficient (Wildman–Crippen LogP) is 1.95. The molecule has 0 aliphatic rings. The number of nitro groups is 1. The van der Waals surface area contributed by atoms with Crippen LogP contribution >= 0.6 is 15.9 Å². The minimum atomic E-state index is -0.642. The first-order valence-electron chi connectivity index (χ1n) is 3.33. The summed E-state index contributed by atoms with van der Waals surface area (Å²) in [7, 11) is 0. The Kier molecular flexibility index (Phi) is 2.72. The Morgan fingerprint density at radius 3 is 2.69 bits per heavy atom. The fourth-order valence-corrected chi connectivity index (χ4v) is 1.21. The van der Waals surface area contributed by atoms with Gasteiger partial charge in [-0.05, 0) is 16.8 Å². The number of halogens is 1. The summed E-state index contributed by atoms with van der Waals surface area (Å²) in [6, 6.07) is 2.59. The largest absolute Gasteiger partial charge is 0.365 e. The van der Waals surface area contributed by atoms with Gasteiger partial charge in [0.1, 0.15) is 0 Å². The van der Waals surface area contributed by atoms with Crippen LogP contribution in [0, 0.1) is 10.1 Å². The molecule has 0 saturated heterocycles. The van der Waals surface area contributed by atoms with Crippen molar-refractivity contribution in [3.8, 4) is 0 Å². The van der Waals surface area contributed by atoms with Crippen LogP contribution in [-0.4, -0.2) is 15.7 Å². The maximum atomic E-state index is 10.9. The SMILES string of the molecule is CC(=O)c1cc(Br)nc([N+](=O)[O-])c1. The Morgan fingerprint density at radius 1 is 1.62 bits per heavy atom. The van der Waals surface area contributed by atoms with Crippen LogP contribution in [0.15, 0.2) is 16.7 Å². The molecule has 0 amide bonds. The Balaban J connectivity index is 3.26. The zero-order valence-electron chi connectivity index (χ0n) is 6.65. The summed E-state index contributed by atoms with van der Waals surface area (Å²) in [5, 5.41) is 10.3. The predicted molar refractivity (Wildman–Crippen MR) is 48.6 cm³/mol. The van der Waals surface area contributed by atoms with E-state index in [0.717, 1.165) is 6.07 Å². The van der Waals surface area contributed by atoms with E-state index >= 15 is 0 Å². The van der Waals surface area contributed by atoms with Crippen LogP contribution in [0.25, 0.3) is 0 Å². The van der Waals surface area contributed by atoms with E-state index in [1.165, 1.54) is 13.0 Å². The lowest BCUT2D eigenvalue weighted by atomic mass is 10.2. The van der Waals surface area contributed by atoms with Crippen molar-refractivity contribution in [2.75, 3.05) is 0 Å². The lowest BCUT2D eigenvalue weighted by molar-refractivity contribution is -0.389. The van der Waals surface area contributed by atoms with Crippen LogP contribution in [0.4, 0.5) is 5.82 Å². The fourth-order valence-electron chi connectivity index (χ4n) is 0.780. The van der Waals surface area contributed by atoms with Crippen LogP contribution in [0.3, 0.4) is 0 Å². The molecule has 68 valence electrons. The summed E-state index contributed by atoms with van der Waals surface area (Å²) in [6.07, 6.45) is 0. The van der Waals surface area contributed by atoms with Crippen LogP contribution < -0.4 is 0 Å². The number of hydrogen-bond donors (Lipinski definition) is 0. The lowest BCUT2D eigenvalue weighted by Gasteiger charge is -1.95. The first-order chi connectivity index (χ1) is 6.00. The molecule has 0 atom stereocenters. The maximum Gasteiger partial charge on any atom is 0.365 e. The molecule has 1 aromatic heterocycles. The summed E-state index contributed by atoms with van der Waals surface area (Å²) >= 11 is 2.98. The molecule has 0 saturated carbocycles. The fraction of sp³-hybridized carbons (Fsp3) is 0.143. The van der Waals surface area contributed by atoms with Crippen molar-refractivity contribution >= 4 is 27.5 Å². The van der Waals surface area contributed by atoms with E-state index in [4.69, 9.17) is 0 Å². The molecule has 0 aliphatic heterocycles. The van der Waals surface area contributed by atoms with Crippen molar-refractivity contribution < 1.29 is 9.72 Å². The zero-order valence-corrected chi connectivity index (χ0v) is 8.24. The Morgan fingerprint density at radius 2 is 2.23 bits per heavy atom. The van der Waals surface area contributed by atoms with Gasteiger partial charge in [-0.15, -0.1) is 0 Å². The summed E-state index contributed by atoms with van der Waals surface area (Å²) in [4.78, 5) is 24.2. The van der Waals surface area contributed by atoms with Gasteiger partial charge in [0.05, 0.1) is 0 Å². The third-order valence-electron chi connectivity index (χ3n) is 1.37. The molecule has 6 heteroatoms. The first kappa shape index (κ1) is 9.79. The van der Waals surface area contributed by atoms with Gasteiger partial charge in [0.25, 0.3) is 0 Å². The van der Waals surface area contributed by atoms with Gasteiger partial charge in [0.15, 0.2) is 5.78 Å². The monoisotopic (exact) mass is 244 g/mol. The Bertz CT molecular complexity index is 346. The summed E-state index contributed by atoms with van der Waals surface area (Å²) in [6.45, 7) is 1.34. The maximum absolute atomic E-state index is 10.9. The normalized spacial score (nSPS) is 9.69. The van der Waals surface area contributed by atoms with Gasteiger partial charge in [0.2, 0.25) is 4.60 Å². The van der Waals surface area contributed by atoms with Gasteiger partial charge in [-0.3, -0.25) is 4.79 Å². The van der Waals surface area contributed by atoms with Gasteiger partial charge >= 0.3 is 5.82 Å². The van der Waals surface area contributed by atoms with Crippen molar-refractivity contribution in [1.82, 2.24) is 4.98 Å². The smallest absolute Gasteiger partial charge is 0.358 e. The van der Waals surface area contributed by atoms with Crippen LogP contribution in [0.2, 0.25) is 0 Å². The minimum absolute atomic E-state index is 0.230. The average Bonchev–Trinajstić information content (AvgIpc) is 2.03. The quantitative estimate of drug-likeness (QED) is 0.345. The summed E-state index contributed by atoms with van der Waals surface area (Å²) in [5.74, 6) is -0.564. The van der Waals surface area contributed by atoms with Gasteiger partial charge in [-0.2, -0.15) is 0 Å². The number of carbonyl (C=O) groups excluding carboxylic acids is 1. The Hall–Kier alpha value is -1.30. The van der Waals surface area contributed by atoms with Gasteiger partial charge in [-0.25, -0.2) is 0 Å². The van der Waals surface area contributed by atoms with E-state index in [2.05, 4.69) is 20.9 Å². The molecule has 0 aliphatic carbocycles. The van der Waals surface area contributed by atoms with E-state index in [0.29, 0.717) is 0 Å². The first-order valence-corrected chi connectivity index (χ1v) is 4.13. The molecule has 1 heterocycles. The lowest BCUT2D eigenvalue weighted by Crippen LogP contribution is -1.98. The van der Waals surface area contributed by atoms with Crippen LogP contribution in [0.5, 0.6) is 0 Å². The van der Waals surface area contributed by atoms with Crippen LogP contribution in [0.1, 0.15) is 17.3 Å². The molecule has 0 fully saturated rings. The topological polar surface area (TPSA) is 73.1 Å². The van der Waals surface area contributed by atoms with Crippen molar-refractivity contribution in [1.29, 1.82) is 0 Å². The van der Waals surface area contributed by atoms with Gasteiger partial charge < -0.3 is 10.1 Å². The third-order valence-corrected chi connectivity index (χ3v) is 1.78. The van der Waals surface area contributed by atoms with Crippen LogP contribution in [-0.2, 0) is 0 Å². The molecule has 1 aromatic rings. The zero-order chi connectivity index (χ0) is 10.0. The number of aromatic nitrogens is 1. The third kappa shape index (κ3) is 2.32. The molecule has 0 N–H and O–H groups in total. The molecular formula is C7H5BrN2O3. The minimum Gasteiger partial charge on any atom is -0.358 e. The molecule has 0 bridgehead atoms. The molecule has 0 radical (unpaired) electrons. The van der Waals surface area contributed by atoms with Crippen molar-refractivity contribution in [3.05, 3.63) is 32.4 Å². The number of carbonyl (C=O) groups is 1. The molecule has 1 rings (SSSR count). The molecular weight excluding hydrogens is 240 g/mol. The van der Waals surface area contributed by atoms with E-state index in [1.807, 2.05) is 0 Å². The van der Waals surface area contributed by atoms with Gasteiger partial charge in [0, 0.05) is 33.6 Å². The number of hydrogen-bond acceptors (Lipinski definition) is 4. The van der Waals surface area contributed by atoms with Crippen molar-refractivity contribution in [2.24, 2.45) is 0 Å². The molecule has 0 unspecified atom stereocenters. The van der Waals surface area contributed by atoms with Gasteiger partial charge in [-0.1, -0.05) is 0 Å². The second kappa shape index (κ2) is 3.61. The highest BCUT2D eigenvalue weighted by atomic mass is 79.9. The highest BCUT2D eigenvalue weighted by Gasteiger charge is 2.13. The van der Waals surface area contributed by atoms with Crippen molar-refractivity contribution in [3.63, 3.8) is 0 Å². The van der Waals surface area contributed by atoms with E-state index in [1.54, 1.807) is 0 Å². The molecule has 13 heavy (non-hydrogen) atoms. The number of Topliss-reactive ketones (excluding diaryl/α,β-unsaturated/α-hetero) is 1. The van der Waals surface area contributed by atoms with E-state index < -0.39 is 4.92 Å². The average molecular weight is 245 g/mol. The molecule has 5 nitrogen and oxygen atoms in total. The molecule has 0 aromatic carbocycles. The highest BCUT2D eigenvalue weighted by Crippen LogP contribution is 2.16. The van der Waals surface area contributed by atoms with E-state index in [9.17, 15) is 14.9 Å². The second-order valence-electron chi connectivity index (χ2n) is 2.35. The number of rotatable bonds is 2. The highest BCUT2D eigenvalue weighted by molar-refractivity contribution is 9.10. The Labute approximate surface area is 82.1 Å². The number of pyridine rings is 1. The summed E-state index contributed by atoms with van der Waals surface area (Å²) < 4.78 is 0.284. The van der Waals surface area contributed by atoms with Crippen molar-refractivity contribution in [2.45, 2.75) is 6.92 Å². The standard InChI is InChI=1S/C7H5BrN2O3/c1-4(11)5-2-6(8)9-7(3-5)10(12)13/h2-3H,1H3. The summed E-state index contributed by atoms with van der Waals surface area (Å²) in [5.41, 5.74) is 0.272.